The van der Waals surface area contributed by atoms with Crippen LogP contribution >= 0.6 is 23.1 Å². The second kappa shape index (κ2) is 7.24. The number of carbonyl (C=O) groups is 1. The summed E-state index contributed by atoms with van der Waals surface area (Å²) in [7, 11) is 1.97. The number of rotatable bonds is 4. The Morgan fingerprint density at radius 2 is 2.33 bits per heavy atom. The Balaban J connectivity index is 0.00000196. The molecule has 0 aliphatic heterocycles. The van der Waals surface area contributed by atoms with E-state index < -0.39 is 0 Å². The summed E-state index contributed by atoms with van der Waals surface area (Å²) in [4.78, 5) is 11.2. The van der Waals surface area contributed by atoms with Gasteiger partial charge in [0, 0.05) is 0 Å². The van der Waals surface area contributed by atoms with E-state index in [0.29, 0.717) is 13.0 Å². The molecule has 0 bridgehead atoms. The topological polar surface area (TPSA) is 30.2 Å². The molecule has 1 heterocycles. The summed E-state index contributed by atoms with van der Waals surface area (Å²) in [6.45, 7) is 2.26. The van der Waals surface area contributed by atoms with Crippen LogP contribution in [0, 0.1) is 0 Å². The van der Waals surface area contributed by atoms with E-state index in [1.165, 1.54) is 4.34 Å². The van der Waals surface area contributed by atoms with E-state index >= 15 is 0 Å². The van der Waals surface area contributed by atoms with Crippen molar-refractivity contribution < 1.29 is 31.1 Å². The quantitative estimate of drug-likeness (QED) is 0.381. The molecule has 0 radical (unpaired) electrons. The van der Waals surface area contributed by atoms with Crippen molar-refractivity contribution in [3.05, 3.63) is 11.1 Å². The van der Waals surface area contributed by atoms with Gasteiger partial charge in [-0.15, -0.1) is 0 Å². The van der Waals surface area contributed by atoms with Gasteiger partial charge in [-0.25, -0.2) is 0 Å². The van der Waals surface area contributed by atoms with Gasteiger partial charge < -0.3 is 21.7 Å². The fourth-order valence-corrected chi connectivity index (χ4v) is 2.77. The maximum atomic E-state index is 11.2. The molecule has 0 amide bonds. The Labute approximate surface area is 109 Å². The van der Waals surface area contributed by atoms with Gasteiger partial charge in [-0.1, -0.05) is 11.3 Å². The van der Waals surface area contributed by atoms with Gasteiger partial charge in [-0.3, -0.25) is 4.79 Å². The third-order valence-electron chi connectivity index (χ3n) is 1.81. The number of hydrogen-bond donors (Lipinski definition) is 0. The summed E-state index contributed by atoms with van der Waals surface area (Å²) in [6, 6.07) is 0. The predicted octanol–water partition coefficient (Wildman–Crippen LogP) is -1.60. The largest absolute Gasteiger partial charge is 1.00 e. The number of thioether (sulfide) groups is 1. The van der Waals surface area contributed by atoms with Gasteiger partial charge in [-0.05, 0) is 24.9 Å². The number of hydrogen-bond acceptors (Lipinski definition) is 4. The van der Waals surface area contributed by atoms with E-state index in [1.807, 2.05) is 30.2 Å². The van der Waals surface area contributed by atoms with Crippen molar-refractivity contribution in [2.24, 2.45) is 7.05 Å². The molecular formula is C9H14BrNO2S2. The Morgan fingerprint density at radius 1 is 1.67 bits per heavy atom. The molecule has 0 N–H and O–H groups in total. The molecule has 0 aliphatic rings. The lowest BCUT2D eigenvalue weighted by molar-refractivity contribution is -0.708. The molecule has 0 saturated carbocycles. The third-order valence-corrected chi connectivity index (χ3v) is 4.08. The van der Waals surface area contributed by atoms with Gasteiger partial charge in [-0.2, -0.15) is 4.57 Å². The van der Waals surface area contributed by atoms with Gasteiger partial charge in [0.15, 0.2) is 0 Å². The third kappa shape index (κ3) is 4.12. The summed E-state index contributed by atoms with van der Waals surface area (Å²) >= 11 is 3.34. The summed E-state index contributed by atoms with van der Waals surface area (Å²) in [5.74, 6) is -0.159. The van der Waals surface area contributed by atoms with E-state index in [-0.39, 0.29) is 23.0 Å². The molecule has 1 aromatic rings. The number of aromatic nitrogens is 1. The van der Waals surface area contributed by atoms with E-state index in [2.05, 4.69) is 0 Å². The Hall–Kier alpha value is -0.0700. The molecule has 3 nitrogen and oxygen atoms in total. The average Bonchev–Trinajstić information content (AvgIpc) is 2.48. The summed E-state index contributed by atoms with van der Waals surface area (Å²) in [5, 5.41) is 2.00. The van der Waals surface area contributed by atoms with Crippen molar-refractivity contribution in [2.45, 2.75) is 17.7 Å². The molecule has 0 fully saturated rings. The number of esters is 1. The minimum Gasteiger partial charge on any atom is -1.00 e. The van der Waals surface area contributed by atoms with Gasteiger partial charge in [0.1, 0.15) is 13.5 Å². The number of thiazole rings is 1. The Bertz CT molecular complexity index is 328. The van der Waals surface area contributed by atoms with Crippen LogP contribution in [0.25, 0.3) is 0 Å². The highest BCUT2D eigenvalue weighted by atomic mass is 79.9. The fraction of sp³-hybridized carbons (Fsp3) is 0.556. The van der Waals surface area contributed by atoms with Crippen LogP contribution in [0.2, 0.25) is 0 Å². The zero-order valence-corrected chi connectivity index (χ0v) is 12.2. The lowest BCUT2D eigenvalue weighted by atomic mass is 10.3. The second-order valence-corrected chi connectivity index (χ2v) is 4.65. The molecule has 0 aromatic carbocycles. The van der Waals surface area contributed by atoms with E-state index in [9.17, 15) is 4.79 Å². The van der Waals surface area contributed by atoms with Crippen LogP contribution in [0.5, 0.6) is 0 Å². The summed E-state index contributed by atoms with van der Waals surface area (Å²) < 4.78 is 8.12. The highest BCUT2D eigenvalue weighted by Gasteiger charge is 2.18. The molecule has 1 aromatic heterocycles. The highest BCUT2D eigenvalue weighted by Crippen LogP contribution is 2.17. The fourth-order valence-electron chi connectivity index (χ4n) is 1.10. The second-order valence-electron chi connectivity index (χ2n) is 2.74. The SMILES string of the molecule is CCOC(=O)Cc1csc(SC)[n+]1C.[Br-]. The maximum absolute atomic E-state index is 11.2. The van der Waals surface area contributed by atoms with Crippen LogP contribution in [0.3, 0.4) is 0 Å². The van der Waals surface area contributed by atoms with E-state index in [4.69, 9.17) is 4.74 Å². The van der Waals surface area contributed by atoms with Crippen LogP contribution in [-0.2, 0) is 23.0 Å². The Morgan fingerprint density at radius 3 is 2.80 bits per heavy atom. The van der Waals surface area contributed by atoms with Gasteiger partial charge in [0.05, 0.1) is 12.0 Å². The molecule has 0 aliphatic carbocycles. The predicted molar refractivity (Wildman–Crippen MR) is 57.6 cm³/mol. The first kappa shape index (κ1) is 14.9. The molecular weight excluding hydrogens is 298 g/mol. The number of halogens is 1. The molecule has 15 heavy (non-hydrogen) atoms. The lowest BCUT2D eigenvalue weighted by Gasteiger charge is -1.97. The van der Waals surface area contributed by atoms with Crippen molar-refractivity contribution in [3.8, 4) is 0 Å². The van der Waals surface area contributed by atoms with Crippen LogP contribution in [0.4, 0.5) is 0 Å². The van der Waals surface area contributed by atoms with Gasteiger partial charge in [0.2, 0.25) is 5.69 Å². The van der Waals surface area contributed by atoms with Gasteiger partial charge >= 0.3 is 5.97 Å². The number of carbonyl (C=O) groups excluding carboxylic acids is 1. The Kier molecular flexibility index (Phi) is 7.21. The minimum absolute atomic E-state index is 0. The highest BCUT2D eigenvalue weighted by molar-refractivity contribution is 8.00. The first-order valence-electron chi connectivity index (χ1n) is 4.35. The lowest BCUT2D eigenvalue weighted by Crippen LogP contribution is -3.00. The monoisotopic (exact) mass is 311 g/mol. The smallest absolute Gasteiger partial charge is 0.316 e. The average molecular weight is 312 g/mol. The van der Waals surface area contributed by atoms with Crippen molar-refractivity contribution in [3.63, 3.8) is 0 Å². The molecule has 6 heteroatoms. The van der Waals surface area contributed by atoms with E-state index in [0.717, 1.165) is 5.69 Å². The van der Waals surface area contributed by atoms with Crippen molar-refractivity contribution in [1.29, 1.82) is 0 Å². The minimum atomic E-state index is -0.159. The zero-order chi connectivity index (χ0) is 10.6. The van der Waals surface area contributed by atoms with Crippen LogP contribution in [0.15, 0.2) is 9.72 Å². The molecule has 0 saturated heterocycles. The van der Waals surface area contributed by atoms with Gasteiger partial charge in [0.25, 0.3) is 4.34 Å². The van der Waals surface area contributed by atoms with Crippen LogP contribution in [-0.4, -0.2) is 18.8 Å². The van der Waals surface area contributed by atoms with Crippen molar-refractivity contribution in [2.75, 3.05) is 12.9 Å². The summed E-state index contributed by atoms with van der Waals surface area (Å²) in [5.41, 5.74) is 1.01. The van der Waals surface area contributed by atoms with Crippen molar-refractivity contribution >= 4 is 29.1 Å². The molecule has 0 atom stereocenters. The van der Waals surface area contributed by atoms with Crippen LogP contribution < -0.4 is 21.5 Å². The first-order chi connectivity index (χ1) is 6.69. The van der Waals surface area contributed by atoms with Crippen LogP contribution in [0.1, 0.15) is 12.6 Å². The zero-order valence-electron chi connectivity index (χ0n) is 8.95. The standard InChI is InChI=1S/C9H14NO2S2.BrH/c1-4-12-8(11)5-7-6-14-9(13-3)10(7)2;/h6H,4-5H2,1-3H3;1H/q+1;/p-1. The maximum Gasteiger partial charge on any atom is 0.316 e. The molecule has 1 rings (SSSR count). The summed E-state index contributed by atoms with van der Waals surface area (Å²) in [6.07, 6.45) is 2.39. The molecule has 0 unspecified atom stereocenters. The molecule has 0 spiro atoms. The van der Waals surface area contributed by atoms with Crippen molar-refractivity contribution in [1.82, 2.24) is 0 Å². The first-order valence-corrected chi connectivity index (χ1v) is 6.45. The number of ether oxygens (including phenoxy) is 1. The van der Waals surface area contributed by atoms with E-state index in [1.54, 1.807) is 23.1 Å². The normalized spacial score (nSPS) is 9.53. The molecule has 86 valence electrons. The number of nitrogens with zero attached hydrogens (tertiary/aromatic N) is 1.